The quantitative estimate of drug-likeness (QED) is 0.115. The number of anilines is 1. The summed E-state index contributed by atoms with van der Waals surface area (Å²) in [5.41, 5.74) is 0.129. The van der Waals surface area contributed by atoms with Crippen molar-refractivity contribution in [2.24, 2.45) is 5.10 Å². The number of benzene rings is 2. The maximum absolute atomic E-state index is 12.6. The van der Waals surface area contributed by atoms with E-state index in [1.54, 1.807) is 30.3 Å². The number of unbranched alkanes of at least 4 members (excludes halogenated alkanes) is 14. The third kappa shape index (κ3) is 12.5. The number of rotatable bonds is 20. The van der Waals surface area contributed by atoms with Crippen LogP contribution in [-0.4, -0.2) is 30.6 Å². The first-order valence-electron chi connectivity index (χ1n) is 15.8. The Morgan fingerprint density at radius 3 is 1.98 bits per heavy atom. The molecule has 0 radical (unpaired) electrons. The lowest BCUT2D eigenvalue weighted by molar-refractivity contribution is -0.119. The highest BCUT2D eigenvalue weighted by atomic mass is 32.2. The molecule has 1 aliphatic rings. The summed E-state index contributed by atoms with van der Waals surface area (Å²) in [4.78, 5) is 24.6. The molecule has 2 amide bonds. The van der Waals surface area contributed by atoms with Crippen molar-refractivity contribution < 1.29 is 27.3 Å². The molecule has 0 saturated carbocycles. The van der Waals surface area contributed by atoms with E-state index in [-0.39, 0.29) is 29.6 Å². The highest BCUT2D eigenvalue weighted by molar-refractivity contribution is 7.86. The molecule has 2 aromatic rings. The van der Waals surface area contributed by atoms with Gasteiger partial charge in [-0.25, -0.2) is 0 Å². The van der Waals surface area contributed by atoms with Crippen LogP contribution < -0.4 is 15.1 Å². The first-order chi connectivity index (χ1) is 20.8. The fourth-order valence-corrected chi connectivity index (χ4v) is 5.74. The second-order valence-electron chi connectivity index (χ2n) is 11.2. The van der Waals surface area contributed by atoms with E-state index in [9.17, 15) is 22.6 Å². The molecule has 1 aliphatic heterocycles. The van der Waals surface area contributed by atoms with Gasteiger partial charge in [-0.05, 0) is 36.8 Å². The molecule has 0 saturated heterocycles. The lowest BCUT2D eigenvalue weighted by Crippen LogP contribution is -2.29. The number of amidine groups is 1. The minimum absolute atomic E-state index is 0.0925. The van der Waals surface area contributed by atoms with E-state index in [4.69, 9.17) is 4.74 Å². The summed E-state index contributed by atoms with van der Waals surface area (Å²) >= 11 is 0. The molecule has 10 heteroatoms. The Balaban J connectivity index is 1.36. The predicted molar refractivity (Wildman–Crippen MR) is 170 cm³/mol. The van der Waals surface area contributed by atoms with E-state index in [1.807, 2.05) is 0 Å². The number of nitrogens with one attached hydrogen (secondary N) is 1. The van der Waals surface area contributed by atoms with Crippen molar-refractivity contribution in [1.29, 1.82) is 0 Å². The maximum Gasteiger partial charge on any atom is 0.298 e. The average molecular weight is 614 g/mol. The van der Waals surface area contributed by atoms with Gasteiger partial charge in [-0.1, -0.05) is 115 Å². The van der Waals surface area contributed by atoms with Gasteiger partial charge in [0.2, 0.25) is 5.91 Å². The molecule has 0 fully saturated rings. The summed E-state index contributed by atoms with van der Waals surface area (Å²) in [7, 11) is -4.67. The summed E-state index contributed by atoms with van der Waals surface area (Å²) in [6.07, 6.45) is 19.0. The molecular weight excluding hydrogens is 566 g/mol. The zero-order valence-corrected chi connectivity index (χ0v) is 26.2. The largest absolute Gasteiger partial charge is 0.456 e. The van der Waals surface area contributed by atoms with Crippen molar-refractivity contribution in [2.75, 3.05) is 5.01 Å². The van der Waals surface area contributed by atoms with Gasteiger partial charge in [0.25, 0.3) is 16.0 Å². The van der Waals surface area contributed by atoms with Gasteiger partial charge in [-0.3, -0.25) is 14.1 Å². The van der Waals surface area contributed by atoms with Crippen LogP contribution >= 0.6 is 0 Å². The van der Waals surface area contributed by atoms with E-state index < -0.39 is 20.9 Å². The summed E-state index contributed by atoms with van der Waals surface area (Å²) in [6.45, 7) is 2.25. The fourth-order valence-electron chi connectivity index (χ4n) is 5.11. The van der Waals surface area contributed by atoms with Crippen LogP contribution in [-0.2, 0) is 19.7 Å². The highest BCUT2D eigenvalue weighted by Gasteiger charge is 2.28. The van der Waals surface area contributed by atoms with Crippen LogP contribution in [0.15, 0.2) is 58.5 Å². The zero-order chi connectivity index (χ0) is 30.9. The second kappa shape index (κ2) is 18.4. The second-order valence-corrected chi connectivity index (χ2v) is 12.6. The van der Waals surface area contributed by atoms with Gasteiger partial charge >= 0.3 is 0 Å². The van der Waals surface area contributed by atoms with Crippen LogP contribution in [0, 0.1) is 0 Å². The van der Waals surface area contributed by atoms with Gasteiger partial charge < -0.3 is 10.1 Å². The highest BCUT2D eigenvalue weighted by Crippen LogP contribution is 2.33. The first-order valence-corrected chi connectivity index (χ1v) is 17.3. The molecule has 0 atom stereocenters. The lowest BCUT2D eigenvalue weighted by atomic mass is 10.0. The van der Waals surface area contributed by atoms with E-state index in [0.29, 0.717) is 12.2 Å². The Bertz CT molecular complexity index is 1300. The third-order valence-electron chi connectivity index (χ3n) is 7.49. The number of carbonyl (C=O) groups excluding carboxylic acids is 2. The van der Waals surface area contributed by atoms with Gasteiger partial charge in [-0.15, -0.1) is 0 Å². The van der Waals surface area contributed by atoms with Crippen LogP contribution in [0.5, 0.6) is 11.5 Å². The van der Waals surface area contributed by atoms with Gasteiger partial charge in [0.05, 0.1) is 12.1 Å². The minimum Gasteiger partial charge on any atom is -0.456 e. The zero-order valence-electron chi connectivity index (χ0n) is 25.4. The summed E-state index contributed by atoms with van der Waals surface area (Å²) < 4.78 is 39.5. The summed E-state index contributed by atoms with van der Waals surface area (Å²) in [5.74, 6) is -0.137. The summed E-state index contributed by atoms with van der Waals surface area (Å²) in [6, 6.07) is 12.5. The molecule has 9 nitrogen and oxygen atoms in total. The first kappa shape index (κ1) is 34.3. The Kier molecular flexibility index (Phi) is 14.7. The third-order valence-corrected chi connectivity index (χ3v) is 8.36. The maximum atomic E-state index is 12.6. The minimum atomic E-state index is -4.67. The van der Waals surface area contributed by atoms with Crippen molar-refractivity contribution in [2.45, 2.75) is 121 Å². The van der Waals surface area contributed by atoms with E-state index in [0.717, 1.165) is 30.3 Å². The van der Waals surface area contributed by atoms with Gasteiger partial charge in [-0.2, -0.15) is 18.5 Å². The predicted octanol–water partition coefficient (Wildman–Crippen LogP) is 8.15. The van der Waals surface area contributed by atoms with Crippen LogP contribution in [0.1, 0.15) is 116 Å². The molecule has 0 unspecified atom stereocenters. The van der Waals surface area contributed by atoms with Crippen molar-refractivity contribution in [1.82, 2.24) is 5.32 Å². The average Bonchev–Trinajstić information content (AvgIpc) is 3.34. The van der Waals surface area contributed by atoms with Crippen LogP contribution in [0.25, 0.3) is 0 Å². The Morgan fingerprint density at radius 2 is 1.42 bits per heavy atom. The number of hydrogen-bond donors (Lipinski definition) is 2. The van der Waals surface area contributed by atoms with Gasteiger partial charge in [0.15, 0.2) is 0 Å². The van der Waals surface area contributed by atoms with Crippen LogP contribution in [0.3, 0.4) is 0 Å². The molecule has 0 aliphatic carbocycles. The number of para-hydroxylation sites is 1. The van der Waals surface area contributed by atoms with Crippen molar-refractivity contribution in [3.05, 3.63) is 48.5 Å². The number of hydrazone groups is 1. The number of amides is 2. The number of carbonyl (C=O) groups is 2. The Morgan fingerprint density at radius 1 is 0.860 bits per heavy atom. The van der Waals surface area contributed by atoms with Crippen molar-refractivity contribution >= 4 is 33.5 Å². The normalized spacial score (nSPS) is 13.3. The Labute approximate surface area is 256 Å². The Hall–Kier alpha value is -3.24. The monoisotopic (exact) mass is 613 g/mol. The van der Waals surface area contributed by atoms with Gasteiger partial charge in [0, 0.05) is 6.42 Å². The standard InChI is InChI=1S/C33H47N3O6S/c1-2-3-4-5-6-7-8-9-10-11-12-13-14-15-19-22-32(37)34-31-26-33(38)36(35-31)27-23-24-29(30(25-27)43(39,40)41)42-28-20-17-16-18-21-28/h16-18,20-21,23-25H,2-15,19,22,26H2,1H3,(H,34,35,37)(H,39,40,41). The van der Waals surface area contributed by atoms with Crippen molar-refractivity contribution in [3.8, 4) is 11.5 Å². The molecule has 1 heterocycles. The van der Waals surface area contributed by atoms with E-state index >= 15 is 0 Å². The van der Waals surface area contributed by atoms with Crippen molar-refractivity contribution in [3.63, 3.8) is 0 Å². The molecule has 43 heavy (non-hydrogen) atoms. The molecular formula is C33H47N3O6S. The summed E-state index contributed by atoms with van der Waals surface area (Å²) in [5, 5.41) is 7.91. The van der Waals surface area contributed by atoms with E-state index in [2.05, 4.69) is 17.3 Å². The smallest absolute Gasteiger partial charge is 0.298 e. The number of hydrogen-bond acceptors (Lipinski definition) is 6. The molecule has 2 N–H and O–H groups in total. The lowest BCUT2D eigenvalue weighted by Gasteiger charge is -2.15. The molecule has 0 spiro atoms. The van der Waals surface area contributed by atoms with Crippen LogP contribution in [0.2, 0.25) is 0 Å². The molecule has 236 valence electrons. The SMILES string of the molecule is CCCCCCCCCCCCCCCCCC(=O)NC1=NN(c2ccc(Oc3ccccc3)c(S(=O)(=O)O)c2)C(=O)C1. The number of nitrogens with zero attached hydrogens (tertiary/aromatic N) is 2. The fraction of sp³-hybridized carbons (Fsp3) is 0.545. The molecule has 2 aromatic carbocycles. The molecule has 0 bridgehead atoms. The molecule has 0 aromatic heterocycles. The van der Waals surface area contributed by atoms with Crippen LogP contribution in [0.4, 0.5) is 5.69 Å². The topological polar surface area (TPSA) is 125 Å². The molecule has 3 rings (SSSR count). The number of ether oxygens (including phenoxy) is 1. The van der Waals surface area contributed by atoms with E-state index in [1.165, 1.54) is 89.2 Å². The van der Waals surface area contributed by atoms with Gasteiger partial charge in [0.1, 0.15) is 22.2 Å².